The van der Waals surface area contributed by atoms with Crippen LogP contribution in [0.4, 0.5) is 5.69 Å². The topological polar surface area (TPSA) is 97.3 Å². The first-order valence-electron chi connectivity index (χ1n) is 6.85. The number of amides is 1. The lowest BCUT2D eigenvalue weighted by atomic mass is 10.2. The maximum atomic E-state index is 12.5. The lowest BCUT2D eigenvalue weighted by molar-refractivity contribution is -0.120. The number of para-hydroxylation sites is 1. The third-order valence-corrected chi connectivity index (χ3v) is 3.67. The van der Waals surface area contributed by atoms with Gasteiger partial charge in [0.2, 0.25) is 0 Å². The largest absolute Gasteiger partial charge is 0.394 e. The summed E-state index contributed by atoms with van der Waals surface area (Å²) in [5, 5.41) is 16.9. The Labute approximate surface area is 122 Å². The van der Waals surface area contributed by atoms with E-state index in [2.05, 4.69) is 10.3 Å². The van der Waals surface area contributed by atoms with Gasteiger partial charge >= 0.3 is 0 Å². The summed E-state index contributed by atoms with van der Waals surface area (Å²) in [6, 6.07) is 8.62. The number of nitrogens with zero attached hydrogens (tertiary/aromatic N) is 4. The van der Waals surface area contributed by atoms with Crippen molar-refractivity contribution in [3.63, 3.8) is 0 Å². The van der Waals surface area contributed by atoms with E-state index in [0.717, 1.165) is 5.69 Å². The van der Waals surface area contributed by atoms with E-state index in [4.69, 9.17) is 10.8 Å². The smallest absolute Gasteiger partial charge is 0.251 e. The van der Waals surface area contributed by atoms with Crippen LogP contribution in [0.15, 0.2) is 36.5 Å². The molecule has 0 aliphatic carbocycles. The molecule has 0 spiro atoms. The summed E-state index contributed by atoms with van der Waals surface area (Å²) >= 11 is 0. The highest BCUT2D eigenvalue weighted by atomic mass is 16.3. The highest BCUT2D eigenvalue weighted by Gasteiger charge is 2.34. The molecule has 2 heterocycles. The summed E-state index contributed by atoms with van der Waals surface area (Å²) in [6.07, 6.45) is 2.31. The van der Waals surface area contributed by atoms with Gasteiger partial charge in [-0.2, -0.15) is 0 Å². The number of aliphatic hydroxyl groups is 1. The molecule has 3 rings (SSSR count). The third kappa shape index (κ3) is 2.53. The fourth-order valence-corrected chi connectivity index (χ4v) is 2.48. The zero-order valence-electron chi connectivity index (χ0n) is 11.5. The number of carbonyl (C=O) groups excluding carboxylic acids is 1. The number of anilines is 1. The molecule has 1 saturated heterocycles. The van der Waals surface area contributed by atoms with Crippen molar-refractivity contribution in [2.75, 3.05) is 18.1 Å². The van der Waals surface area contributed by atoms with Crippen LogP contribution in [0.1, 0.15) is 24.2 Å². The van der Waals surface area contributed by atoms with Crippen molar-refractivity contribution in [3.05, 3.63) is 42.2 Å². The number of benzene rings is 1. The first-order chi connectivity index (χ1) is 10.2. The number of aliphatic hydroxyl groups excluding tert-OH is 1. The Morgan fingerprint density at radius 2 is 2.14 bits per heavy atom. The second-order valence-electron chi connectivity index (χ2n) is 5.04. The summed E-state index contributed by atoms with van der Waals surface area (Å²) in [7, 11) is 0. The van der Waals surface area contributed by atoms with Crippen molar-refractivity contribution in [3.8, 4) is 0 Å². The van der Waals surface area contributed by atoms with Crippen LogP contribution >= 0.6 is 0 Å². The van der Waals surface area contributed by atoms with Gasteiger partial charge in [0.25, 0.3) is 5.91 Å². The number of nitrogens with two attached hydrogens (primary N) is 1. The molecular formula is C14H17N5O2. The molecule has 110 valence electrons. The fourth-order valence-electron chi connectivity index (χ4n) is 2.48. The molecule has 2 aromatic rings. The van der Waals surface area contributed by atoms with Gasteiger partial charge in [-0.25, -0.2) is 4.68 Å². The lowest BCUT2D eigenvalue weighted by Crippen LogP contribution is -2.28. The highest BCUT2D eigenvalue weighted by Crippen LogP contribution is 2.27. The molecule has 1 amide bonds. The first-order valence-corrected chi connectivity index (χ1v) is 6.85. The van der Waals surface area contributed by atoms with Crippen LogP contribution in [-0.2, 0) is 4.79 Å². The van der Waals surface area contributed by atoms with Crippen LogP contribution in [-0.4, -0.2) is 39.2 Å². The SMILES string of the molecule is NC(CO)c1cn(C2CCN(c3ccccc3)C2=O)nn1. The average Bonchev–Trinajstić information content (AvgIpc) is 3.14. The zero-order chi connectivity index (χ0) is 14.8. The van der Waals surface area contributed by atoms with E-state index in [1.165, 1.54) is 4.68 Å². The number of hydrogen-bond acceptors (Lipinski definition) is 5. The molecule has 1 fully saturated rings. The minimum atomic E-state index is -0.569. The minimum Gasteiger partial charge on any atom is -0.394 e. The van der Waals surface area contributed by atoms with Crippen LogP contribution in [0.3, 0.4) is 0 Å². The van der Waals surface area contributed by atoms with E-state index in [-0.39, 0.29) is 18.6 Å². The van der Waals surface area contributed by atoms with Gasteiger partial charge in [-0.1, -0.05) is 23.4 Å². The van der Waals surface area contributed by atoms with Crippen molar-refractivity contribution >= 4 is 11.6 Å². The number of carbonyl (C=O) groups is 1. The maximum Gasteiger partial charge on any atom is 0.251 e. The third-order valence-electron chi connectivity index (χ3n) is 3.67. The van der Waals surface area contributed by atoms with Gasteiger partial charge in [-0.3, -0.25) is 4.79 Å². The molecule has 1 aromatic carbocycles. The Kier molecular flexibility index (Phi) is 3.68. The summed E-state index contributed by atoms with van der Waals surface area (Å²) in [4.78, 5) is 14.3. The molecule has 0 radical (unpaired) electrons. The highest BCUT2D eigenvalue weighted by molar-refractivity contribution is 5.98. The van der Waals surface area contributed by atoms with E-state index < -0.39 is 6.04 Å². The predicted molar refractivity (Wildman–Crippen MR) is 76.5 cm³/mol. The summed E-state index contributed by atoms with van der Waals surface area (Å²) < 4.78 is 1.54. The second-order valence-corrected chi connectivity index (χ2v) is 5.04. The van der Waals surface area contributed by atoms with Gasteiger partial charge in [0.05, 0.1) is 18.8 Å². The molecule has 1 aliphatic rings. The van der Waals surface area contributed by atoms with Gasteiger partial charge in [-0.05, 0) is 18.6 Å². The Morgan fingerprint density at radius 1 is 1.38 bits per heavy atom. The van der Waals surface area contributed by atoms with Gasteiger partial charge in [0.1, 0.15) is 11.7 Å². The normalized spacial score (nSPS) is 20.0. The van der Waals surface area contributed by atoms with Crippen molar-refractivity contribution in [1.82, 2.24) is 15.0 Å². The van der Waals surface area contributed by atoms with Crippen LogP contribution < -0.4 is 10.6 Å². The quantitative estimate of drug-likeness (QED) is 0.840. The molecule has 3 N–H and O–H groups in total. The van der Waals surface area contributed by atoms with Crippen LogP contribution in [0, 0.1) is 0 Å². The van der Waals surface area contributed by atoms with Gasteiger partial charge in [-0.15, -0.1) is 5.10 Å². The van der Waals surface area contributed by atoms with Crippen LogP contribution in [0.25, 0.3) is 0 Å². The molecular weight excluding hydrogens is 270 g/mol. The van der Waals surface area contributed by atoms with Gasteiger partial charge in [0.15, 0.2) is 0 Å². The van der Waals surface area contributed by atoms with E-state index in [1.54, 1.807) is 11.1 Å². The molecule has 1 aromatic heterocycles. The van der Waals surface area contributed by atoms with E-state index >= 15 is 0 Å². The predicted octanol–water partition coefficient (Wildman–Crippen LogP) is 0.248. The van der Waals surface area contributed by atoms with E-state index in [9.17, 15) is 4.79 Å². The number of aromatic nitrogens is 3. The monoisotopic (exact) mass is 287 g/mol. The van der Waals surface area contributed by atoms with Gasteiger partial charge in [0, 0.05) is 12.2 Å². The van der Waals surface area contributed by atoms with Crippen LogP contribution in [0.5, 0.6) is 0 Å². The lowest BCUT2D eigenvalue weighted by Gasteiger charge is -2.16. The molecule has 0 bridgehead atoms. The fraction of sp³-hybridized carbons (Fsp3) is 0.357. The van der Waals surface area contributed by atoms with Crippen molar-refractivity contribution < 1.29 is 9.90 Å². The standard InChI is InChI=1S/C14H17N5O2/c15-11(9-20)12-8-19(17-16-12)13-6-7-18(14(13)21)10-4-2-1-3-5-10/h1-5,8,11,13,20H,6-7,9,15H2. The first kappa shape index (κ1) is 13.7. The minimum absolute atomic E-state index is 0.00443. The molecule has 0 saturated carbocycles. The second kappa shape index (κ2) is 5.63. The number of hydrogen-bond donors (Lipinski definition) is 2. The summed E-state index contributed by atoms with van der Waals surface area (Å²) in [6.45, 7) is 0.447. The molecule has 1 aliphatic heterocycles. The van der Waals surface area contributed by atoms with E-state index in [1.807, 2.05) is 30.3 Å². The van der Waals surface area contributed by atoms with Gasteiger partial charge < -0.3 is 15.7 Å². The van der Waals surface area contributed by atoms with Crippen molar-refractivity contribution in [2.24, 2.45) is 5.73 Å². The Morgan fingerprint density at radius 3 is 2.86 bits per heavy atom. The van der Waals surface area contributed by atoms with E-state index in [0.29, 0.717) is 18.7 Å². The molecule has 2 atom stereocenters. The van der Waals surface area contributed by atoms with Crippen LogP contribution in [0.2, 0.25) is 0 Å². The Balaban J connectivity index is 1.79. The Bertz CT molecular complexity index is 627. The Hall–Kier alpha value is -2.25. The molecule has 21 heavy (non-hydrogen) atoms. The molecule has 7 heteroatoms. The van der Waals surface area contributed by atoms with Crippen molar-refractivity contribution in [1.29, 1.82) is 0 Å². The molecule has 2 unspecified atom stereocenters. The number of rotatable bonds is 4. The summed E-state index contributed by atoms with van der Waals surface area (Å²) in [5.74, 6) is -0.00443. The summed E-state index contributed by atoms with van der Waals surface area (Å²) in [5.41, 5.74) is 7.07. The van der Waals surface area contributed by atoms with Crippen molar-refractivity contribution in [2.45, 2.75) is 18.5 Å². The molecule has 7 nitrogen and oxygen atoms in total. The zero-order valence-corrected chi connectivity index (χ0v) is 11.5. The maximum absolute atomic E-state index is 12.5. The average molecular weight is 287 g/mol.